The van der Waals surface area contributed by atoms with Crippen LogP contribution in [-0.2, 0) is 16.6 Å². The normalized spacial score (nSPS) is 10.3. The van der Waals surface area contributed by atoms with Crippen LogP contribution in [0.25, 0.3) is 0 Å². The molecule has 2 rings (SSSR count). The van der Waals surface area contributed by atoms with Crippen LogP contribution in [0.4, 0.5) is 11.4 Å². The van der Waals surface area contributed by atoms with Gasteiger partial charge in [-0.3, -0.25) is 14.4 Å². The molecule has 1 aromatic carbocycles. The number of hydrogen-bond acceptors (Lipinski definition) is 5. The standard InChI is InChI=1S/C18H21N3O5/c1-11-5-7-13(18(24)21(11)2)17(23)19-12-6-8-14(15(9-12)26-4)20-16(22)10-25-3/h5-9H,10H2,1-4H3,(H,19,23)(H,20,22). The predicted octanol–water partition coefficient (Wildman–Crippen LogP) is 1.54. The summed E-state index contributed by atoms with van der Waals surface area (Å²) in [6, 6.07) is 7.94. The third-order valence-corrected chi connectivity index (χ3v) is 3.81. The molecular weight excluding hydrogens is 338 g/mol. The van der Waals surface area contributed by atoms with E-state index in [1.807, 2.05) is 0 Å². The van der Waals surface area contributed by atoms with Crippen molar-refractivity contribution >= 4 is 23.2 Å². The Hall–Kier alpha value is -3.13. The van der Waals surface area contributed by atoms with Gasteiger partial charge in [0.05, 0.1) is 12.8 Å². The Morgan fingerprint density at radius 2 is 1.85 bits per heavy atom. The second kappa shape index (κ2) is 8.30. The number of pyridine rings is 1. The smallest absolute Gasteiger partial charge is 0.263 e. The highest BCUT2D eigenvalue weighted by Gasteiger charge is 2.14. The van der Waals surface area contributed by atoms with E-state index in [0.717, 1.165) is 5.69 Å². The van der Waals surface area contributed by atoms with E-state index in [9.17, 15) is 14.4 Å². The molecule has 0 bridgehead atoms. The van der Waals surface area contributed by atoms with E-state index in [4.69, 9.17) is 9.47 Å². The highest BCUT2D eigenvalue weighted by Crippen LogP contribution is 2.28. The lowest BCUT2D eigenvalue weighted by atomic mass is 10.2. The molecule has 0 saturated heterocycles. The van der Waals surface area contributed by atoms with E-state index >= 15 is 0 Å². The van der Waals surface area contributed by atoms with Gasteiger partial charge in [-0.2, -0.15) is 0 Å². The number of carbonyl (C=O) groups excluding carboxylic acids is 2. The molecule has 0 fully saturated rings. The minimum atomic E-state index is -0.524. The van der Waals surface area contributed by atoms with Gasteiger partial charge in [0.2, 0.25) is 5.91 Å². The van der Waals surface area contributed by atoms with Gasteiger partial charge in [0.1, 0.15) is 17.9 Å². The maximum Gasteiger partial charge on any atom is 0.263 e. The lowest BCUT2D eigenvalue weighted by Crippen LogP contribution is -2.28. The predicted molar refractivity (Wildman–Crippen MR) is 97.9 cm³/mol. The molecule has 0 aliphatic carbocycles. The minimum Gasteiger partial charge on any atom is -0.494 e. The van der Waals surface area contributed by atoms with Crippen molar-refractivity contribution in [1.29, 1.82) is 0 Å². The average Bonchev–Trinajstić information content (AvgIpc) is 2.61. The summed E-state index contributed by atoms with van der Waals surface area (Å²) in [5.74, 6) is -0.487. The average molecular weight is 359 g/mol. The molecule has 8 nitrogen and oxygen atoms in total. The van der Waals surface area contributed by atoms with Crippen molar-refractivity contribution in [2.24, 2.45) is 7.05 Å². The van der Waals surface area contributed by atoms with Gasteiger partial charge in [-0.25, -0.2) is 0 Å². The molecule has 2 amide bonds. The van der Waals surface area contributed by atoms with Crippen molar-refractivity contribution in [3.05, 3.63) is 51.9 Å². The van der Waals surface area contributed by atoms with Crippen LogP contribution in [0.2, 0.25) is 0 Å². The zero-order valence-electron chi connectivity index (χ0n) is 15.1. The Kier molecular flexibility index (Phi) is 6.13. The third kappa shape index (κ3) is 4.28. The van der Waals surface area contributed by atoms with Crippen LogP contribution < -0.4 is 20.9 Å². The summed E-state index contributed by atoms with van der Waals surface area (Å²) in [4.78, 5) is 36.2. The van der Waals surface area contributed by atoms with Gasteiger partial charge in [-0.15, -0.1) is 0 Å². The SMILES string of the molecule is COCC(=O)Nc1ccc(NC(=O)c2ccc(C)n(C)c2=O)cc1OC. The number of aromatic nitrogens is 1. The summed E-state index contributed by atoms with van der Waals surface area (Å²) < 4.78 is 11.4. The quantitative estimate of drug-likeness (QED) is 0.815. The molecule has 0 spiro atoms. The van der Waals surface area contributed by atoms with Crippen LogP contribution in [0.5, 0.6) is 5.75 Å². The number of benzene rings is 1. The Morgan fingerprint density at radius 3 is 2.50 bits per heavy atom. The number of hydrogen-bond donors (Lipinski definition) is 2. The van der Waals surface area contributed by atoms with Crippen LogP contribution in [0.15, 0.2) is 35.1 Å². The largest absolute Gasteiger partial charge is 0.494 e. The van der Waals surface area contributed by atoms with Crippen LogP contribution >= 0.6 is 0 Å². The number of nitrogens with zero attached hydrogens (tertiary/aromatic N) is 1. The van der Waals surface area contributed by atoms with Crippen molar-refractivity contribution in [1.82, 2.24) is 4.57 Å². The highest BCUT2D eigenvalue weighted by atomic mass is 16.5. The van der Waals surface area contributed by atoms with Crippen molar-refractivity contribution in [3.8, 4) is 5.75 Å². The fraction of sp³-hybridized carbons (Fsp3) is 0.278. The summed E-state index contributed by atoms with van der Waals surface area (Å²) in [5.41, 5.74) is 1.29. The fourth-order valence-corrected chi connectivity index (χ4v) is 2.29. The summed E-state index contributed by atoms with van der Waals surface area (Å²) >= 11 is 0. The first-order chi connectivity index (χ1) is 12.4. The van der Waals surface area contributed by atoms with Gasteiger partial charge >= 0.3 is 0 Å². The summed E-state index contributed by atoms with van der Waals surface area (Å²) in [6.45, 7) is 1.70. The van der Waals surface area contributed by atoms with Gasteiger partial charge in [0.15, 0.2) is 0 Å². The number of anilines is 2. The Bertz CT molecular complexity index is 889. The van der Waals surface area contributed by atoms with Crippen molar-refractivity contribution in [3.63, 3.8) is 0 Å². The lowest BCUT2D eigenvalue weighted by Gasteiger charge is -2.13. The maximum absolute atomic E-state index is 12.4. The Balaban J connectivity index is 2.22. The van der Waals surface area contributed by atoms with E-state index in [2.05, 4.69) is 10.6 Å². The molecule has 1 heterocycles. The summed E-state index contributed by atoms with van der Waals surface area (Å²) in [7, 11) is 4.47. The first-order valence-corrected chi connectivity index (χ1v) is 7.82. The second-order valence-corrected chi connectivity index (χ2v) is 5.60. The van der Waals surface area contributed by atoms with E-state index < -0.39 is 5.91 Å². The van der Waals surface area contributed by atoms with E-state index in [0.29, 0.717) is 17.1 Å². The summed E-state index contributed by atoms with van der Waals surface area (Å²) in [5, 5.41) is 5.30. The third-order valence-electron chi connectivity index (χ3n) is 3.81. The van der Waals surface area contributed by atoms with Crippen LogP contribution in [-0.4, -0.2) is 37.2 Å². The summed E-state index contributed by atoms with van der Waals surface area (Å²) in [6.07, 6.45) is 0. The molecule has 0 aliphatic rings. The Morgan fingerprint density at radius 1 is 1.12 bits per heavy atom. The molecule has 0 atom stereocenters. The number of carbonyl (C=O) groups is 2. The van der Waals surface area contributed by atoms with Gasteiger partial charge < -0.3 is 24.7 Å². The van der Waals surface area contributed by atoms with Crippen LogP contribution in [0, 0.1) is 6.92 Å². The number of methoxy groups -OCH3 is 2. The molecule has 0 saturated carbocycles. The molecular formula is C18H21N3O5. The topological polar surface area (TPSA) is 98.7 Å². The van der Waals surface area contributed by atoms with Gasteiger partial charge in [0, 0.05) is 31.6 Å². The van der Waals surface area contributed by atoms with Gasteiger partial charge in [-0.1, -0.05) is 0 Å². The molecule has 8 heteroatoms. The molecule has 0 radical (unpaired) electrons. The van der Waals surface area contributed by atoms with Crippen molar-refractivity contribution in [2.45, 2.75) is 6.92 Å². The number of nitrogens with one attached hydrogen (secondary N) is 2. The van der Waals surface area contributed by atoms with E-state index in [1.54, 1.807) is 38.2 Å². The molecule has 0 aliphatic heterocycles. The first-order valence-electron chi connectivity index (χ1n) is 7.82. The van der Waals surface area contributed by atoms with Gasteiger partial charge in [-0.05, 0) is 31.2 Å². The minimum absolute atomic E-state index is 0.0366. The first kappa shape index (κ1) is 19.2. The molecule has 2 N–H and O–H groups in total. The molecule has 138 valence electrons. The van der Waals surface area contributed by atoms with Gasteiger partial charge in [0.25, 0.3) is 11.5 Å². The number of rotatable bonds is 6. The zero-order valence-corrected chi connectivity index (χ0v) is 15.1. The zero-order chi connectivity index (χ0) is 19.3. The second-order valence-electron chi connectivity index (χ2n) is 5.60. The fourth-order valence-electron chi connectivity index (χ4n) is 2.29. The monoisotopic (exact) mass is 359 g/mol. The molecule has 1 aromatic heterocycles. The lowest BCUT2D eigenvalue weighted by molar-refractivity contribution is -0.119. The van der Waals surface area contributed by atoms with Crippen molar-refractivity contribution in [2.75, 3.05) is 31.5 Å². The number of ether oxygens (including phenoxy) is 2. The Labute approximate surface area is 150 Å². The number of aryl methyl sites for hydroxylation is 1. The maximum atomic E-state index is 12.4. The molecule has 2 aromatic rings. The number of amides is 2. The van der Waals surface area contributed by atoms with E-state index in [1.165, 1.54) is 24.9 Å². The van der Waals surface area contributed by atoms with Crippen LogP contribution in [0.1, 0.15) is 16.1 Å². The molecule has 0 unspecified atom stereocenters. The molecule has 26 heavy (non-hydrogen) atoms. The highest BCUT2D eigenvalue weighted by molar-refractivity contribution is 6.04. The van der Waals surface area contributed by atoms with Crippen molar-refractivity contribution < 1.29 is 19.1 Å². The van der Waals surface area contributed by atoms with Crippen LogP contribution in [0.3, 0.4) is 0 Å². The van der Waals surface area contributed by atoms with E-state index in [-0.39, 0.29) is 23.6 Å².